The molecular formula is C13H22N2O3S. The number of anilines is 1. The summed E-state index contributed by atoms with van der Waals surface area (Å²) in [5.74, 6) is 0. The van der Waals surface area contributed by atoms with E-state index in [0.717, 1.165) is 0 Å². The molecule has 0 saturated heterocycles. The highest BCUT2D eigenvalue weighted by Gasteiger charge is 2.30. The number of sulfonamides is 1. The minimum Gasteiger partial charge on any atom is -0.398 e. The van der Waals surface area contributed by atoms with Crippen LogP contribution in [0.3, 0.4) is 0 Å². The lowest BCUT2D eigenvalue weighted by Gasteiger charge is -2.27. The van der Waals surface area contributed by atoms with Crippen LogP contribution in [0.25, 0.3) is 0 Å². The summed E-state index contributed by atoms with van der Waals surface area (Å²) in [6.07, 6.45) is 0.489. The summed E-state index contributed by atoms with van der Waals surface area (Å²) in [6, 6.07) is 3.37. The van der Waals surface area contributed by atoms with E-state index in [4.69, 9.17) is 5.73 Å². The normalized spacial score (nSPS) is 15.2. The third-order valence-corrected chi connectivity index (χ3v) is 5.35. The summed E-state index contributed by atoms with van der Waals surface area (Å²) in [7, 11) is -3.72. The molecule has 5 nitrogen and oxygen atoms in total. The first-order valence-corrected chi connectivity index (χ1v) is 7.65. The Morgan fingerprint density at radius 2 is 1.95 bits per heavy atom. The molecule has 0 aliphatic rings. The smallest absolute Gasteiger partial charge is 0.241 e. The van der Waals surface area contributed by atoms with Gasteiger partial charge in [0, 0.05) is 5.69 Å². The summed E-state index contributed by atoms with van der Waals surface area (Å²) >= 11 is 0. The van der Waals surface area contributed by atoms with Crippen molar-refractivity contribution in [3.8, 4) is 0 Å². The fraction of sp³-hybridized carbons (Fsp3) is 0.538. The Morgan fingerprint density at radius 1 is 1.37 bits per heavy atom. The van der Waals surface area contributed by atoms with Crippen molar-refractivity contribution in [2.45, 2.75) is 44.6 Å². The molecule has 0 aromatic heterocycles. The summed E-state index contributed by atoms with van der Waals surface area (Å²) in [5, 5.41) is 9.34. The zero-order valence-electron chi connectivity index (χ0n) is 11.8. The van der Waals surface area contributed by atoms with Crippen molar-refractivity contribution in [3.63, 3.8) is 0 Å². The average Bonchev–Trinajstić information content (AvgIpc) is 2.33. The van der Waals surface area contributed by atoms with Gasteiger partial charge in [-0.3, -0.25) is 0 Å². The van der Waals surface area contributed by atoms with E-state index in [9.17, 15) is 13.5 Å². The summed E-state index contributed by atoms with van der Waals surface area (Å²) < 4.78 is 27.5. The number of benzene rings is 1. The molecule has 0 heterocycles. The molecular weight excluding hydrogens is 264 g/mol. The van der Waals surface area contributed by atoms with E-state index in [0.29, 0.717) is 23.2 Å². The summed E-state index contributed by atoms with van der Waals surface area (Å²) in [4.78, 5) is 0.195. The first-order valence-electron chi connectivity index (χ1n) is 6.17. The molecule has 0 radical (unpaired) electrons. The van der Waals surface area contributed by atoms with Crippen molar-refractivity contribution in [1.82, 2.24) is 4.72 Å². The number of aryl methyl sites for hydroxylation is 1. The molecule has 1 aromatic rings. The molecule has 1 aromatic carbocycles. The van der Waals surface area contributed by atoms with Crippen LogP contribution in [-0.4, -0.2) is 25.7 Å². The predicted molar refractivity (Wildman–Crippen MR) is 76.4 cm³/mol. The van der Waals surface area contributed by atoms with Gasteiger partial charge in [-0.05, 0) is 44.4 Å². The van der Waals surface area contributed by atoms with Crippen molar-refractivity contribution < 1.29 is 13.5 Å². The third kappa shape index (κ3) is 3.26. The molecule has 1 atom stereocenters. The summed E-state index contributed by atoms with van der Waals surface area (Å²) in [5.41, 5.74) is 6.50. The Bertz CT molecular complexity index is 563. The van der Waals surface area contributed by atoms with Gasteiger partial charge in [0.05, 0.1) is 17.0 Å². The van der Waals surface area contributed by atoms with E-state index in [2.05, 4.69) is 4.72 Å². The first kappa shape index (κ1) is 15.9. The number of rotatable bonds is 5. The van der Waals surface area contributed by atoms with Gasteiger partial charge in [0.25, 0.3) is 0 Å². The second-order valence-corrected chi connectivity index (χ2v) is 6.72. The Morgan fingerprint density at radius 3 is 2.42 bits per heavy atom. The minimum atomic E-state index is -3.72. The van der Waals surface area contributed by atoms with Gasteiger partial charge in [0.1, 0.15) is 0 Å². The van der Waals surface area contributed by atoms with Gasteiger partial charge in [-0.15, -0.1) is 0 Å². The number of nitrogens with one attached hydrogen (secondary N) is 1. The van der Waals surface area contributed by atoms with Crippen molar-refractivity contribution in [3.05, 3.63) is 23.3 Å². The molecule has 6 heteroatoms. The number of nitrogen functional groups attached to an aromatic ring is 1. The second kappa shape index (κ2) is 5.48. The summed E-state index contributed by atoms with van der Waals surface area (Å²) in [6.45, 7) is 6.63. The van der Waals surface area contributed by atoms with Crippen LogP contribution in [0.4, 0.5) is 5.69 Å². The van der Waals surface area contributed by atoms with Gasteiger partial charge in [-0.25, -0.2) is 13.1 Å². The van der Waals surface area contributed by atoms with Crippen LogP contribution in [0.2, 0.25) is 0 Å². The monoisotopic (exact) mass is 286 g/mol. The van der Waals surface area contributed by atoms with Crippen molar-refractivity contribution in [2.75, 3.05) is 12.3 Å². The Balaban J connectivity index is 3.33. The molecule has 0 aliphatic carbocycles. The van der Waals surface area contributed by atoms with Crippen molar-refractivity contribution in [1.29, 1.82) is 0 Å². The fourth-order valence-electron chi connectivity index (χ4n) is 1.85. The van der Waals surface area contributed by atoms with E-state index in [1.165, 1.54) is 0 Å². The SMILES string of the molecule is CCC(C)(CO)NS(=O)(=O)c1c(C)ccc(N)c1C. The number of nitrogens with two attached hydrogens (primary N) is 1. The molecule has 1 unspecified atom stereocenters. The number of aliphatic hydroxyl groups excluding tert-OH is 1. The maximum Gasteiger partial charge on any atom is 0.241 e. The lowest BCUT2D eigenvalue weighted by molar-refractivity contribution is 0.191. The fourth-order valence-corrected chi connectivity index (χ4v) is 3.82. The highest BCUT2D eigenvalue weighted by molar-refractivity contribution is 7.89. The van der Waals surface area contributed by atoms with Crippen LogP contribution in [0.15, 0.2) is 17.0 Å². The highest BCUT2D eigenvalue weighted by Crippen LogP contribution is 2.26. The third-order valence-electron chi connectivity index (χ3n) is 3.42. The van der Waals surface area contributed by atoms with E-state index in [1.807, 2.05) is 6.92 Å². The molecule has 19 heavy (non-hydrogen) atoms. The molecule has 0 amide bonds. The van der Waals surface area contributed by atoms with Gasteiger partial charge >= 0.3 is 0 Å². The van der Waals surface area contributed by atoms with Crippen LogP contribution in [0.1, 0.15) is 31.4 Å². The number of aliphatic hydroxyl groups is 1. The maximum absolute atomic E-state index is 12.5. The molecule has 1 rings (SSSR count). The van der Waals surface area contributed by atoms with Crippen LogP contribution in [0, 0.1) is 13.8 Å². The van der Waals surface area contributed by atoms with Crippen molar-refractivity contribution in [2.24, 2.45) is 0 Å². The Labute approximate surface area is 114 Å². The number of hydrogen-bond acceptors (Lipinski definition) is 4. The number of hydrogen-bond donors (Lipinski definition) is 3. The largest absolute Gasteiger partial charge is 0.398 e. The molecule has 0 spiro atoms. The molecule has 0 fully saturated rings. The molecule has 0 bridgehead atoms. The van der Waals surface area contributed by atoms with Crippen LogP contribution < -0.4 is 10.5 Å². The topological polar surface area (TPSA) is 92.4 Å². The average molecular weight is 286 g/mol. The van der Waals surface area contributed by atoms with Gasteiger partial charge in [0.15, 0.2) is 0 Å². The molecule has 0 aliphatic heterocycles. The Hall–Kier alpha value is -1.11. The van der Waals surface area contributed by atoms with Crippen LogP contribution >= 0.6 is 0 Å². The van der Waals surface area contributed by atoms with E-state index >= 15 is 0 Å². The molecule has 4 N–H and O–H groups in total. The van der Waals surface area contributed by atoms with Gasteiger partial charge in [0.2, 0.25) is 10.0 Å². The van der Waals surface area contributed by atoms with Crippen LogP contribution in [-0.2, 0) is 10.0 Å². The second-order valence-electron chi connectivity index (χ2n) is 5.10. The van der Waals surface area contributed by atoms with Gasteiger partial charge in [-0.1, -0.05) is 13.0 Å². The van der Waals surface area contributed by atoms with E-state index in [-0.39, 0.29) is 11.5 Å². The quantitative estimate of drug-likeness (QED) is 0.712. The van der Waals surface area contributed by atoms with Gasteiger partial charge in [-0.2, -0.15) is 0 Å². The minimum absolute atomic E-state index is 0.195. The first-order chi connectivity index (χ1) is 8.67. The lowest BCUT2D eigenvalue weighted by atomic mass is 10.0. The molecule has 108 valence electrons. The predicted octanol–water partition coefficient (Wildman–Crippen LogP) is 1.32. The van der Waals surface area contributed by atoms with E-state index < -0.39 is 15.6 Å². The lowest BCUT2D eigenvalue weighted by Crippen LogP contribution is -2.48. The Kier molecular flexibility index (Phi) is 4.60. The molecule has 0 saturated carbocycles. The van der Waals surface area contributed by atoms with E-state index in [1.54, 1.807) is 32.9 Å². The van der Waals surface area contributed by atoms with Crippen LogP contribution in [0.5, 0.6) is 0 Å². The zero-order valence-corrected chi connectivity index (χ0v) is 12.6. The van der Waals surface area contributed by atoms with Crippen molar-refractivity contribution >= 4 is 15.7 Å². The highest BCUT2D eigenvalue weighted by atomic mass is 32.2. The van der Waals surface area contributed by atoms with Gasteiger partial charge < -0.3 is 10.8 Å². The maximum atomic E-state index is 12.5. The standard InChI is InChI=1S/C13H22N2O3S/c1-5-13(4,8-16)15-19(17,18)12-9(2)6-7-11(14)10(12)3/h6-7,15-16H,5,8,14H2,1-4H3. The zero-order chi connectivity index (χ0) is 14.8.